The number of anilines is 2. The summed E-state index contributed by atoms with van der Waals surface area (Å²) in [5, 5.41) is 21.8. The summed E-state index contributed by atoms with van der Waals surface area (Å²) in [7, 11) is 0. The van der Waals surface area contributed by atoms with Gasteiger partial charge in [0.2, 0.25) is 11.8 Å². The highest BCUT2D eigenvalue weighted by Gasteiger charge is 2.22. The summed E-state index contributed by atoms with van der Waals surface area (Å²) >= 11 is 4.49. The molecule has 1 aliphatic rings. The zero-order valence-corrected chi connectivity index (χ0v) is 23.4. The second-order valence-corrected chi connectivity index (χ2v) is 10.7. The van der Waals surface area contributed by atoms with Crippen LogP contribution in [0.25, 0.3) is 11.5 Å². The van der Waals surface area contributed by atoms with Crippen LogP contribution < -0.4 is 10.2 Å². The molecule has 2 amide bonds. The fourth-order valence-electron chi connectivity index (χ4n) is 4.19. The summed E-state index contributed by atoms with van der Waals surface area (Å²) in [4.78, 5) is 39.8. The summed E-state index contributed by atoms with van der Waals surface area (Å²) in [6.07, 6.45) is 0. The predicted molar refractivity (Wildman–Crippen MR) is 154 cm³/mol. The lowest BCUT2D eigenvalue weighted by Gasteiger charge is -2.36. The van der Waals surface area contributed by atoms with E-state index in [0.717, 1.165) is 21.9 Å². The molecule has 0 bridgehead atoms. The average Bonchev–Trinajstić information content (AvgIpc) is 3.46. The zero-order chi connectivity index (χ0) is 28.1. The van der Waals surface area contributed by atoms with Gasteiger partial charge in [-0.1, -0.05) is 39.8 Å². The maximum Gasteiger partial charge on any atom is 0.277 e. The smallest absolute Gasteiger partial charge is 0.277 e. The van der Waals surface area contributed by atoms with Crippen molar-refractivity contribution in [1.82, 2.24) is 15.1 Å². The maximum absolute atomic E-state index is 12.8. The molecule has 1 saturated heterocycles. The van der Waals surface area contributed by atoms with Crippen molar-refractivity contribution in [2.75, 3.05) is 42.1 Å². The summed E-state index contributed by atoms with van der Waals surface area (Å²) in [6, 6.07) is 20.9. The summed E-state index contributed by atoms with van der Waals surface area (Å²) < 4.78 is 6.43. The van der Waals surface area contributed by atoms with Crippen LogP contribution in [-0.2, 0) is 4.79 Å². The number of thioether (sulfide) groups is 1. The minimum Gasteiger partial charge on any atom is -0.411 e. The van der Waals surface area contributed by atoms with Gasteiger partial charge in [-0.25, -0.2) is 0 Å². The van der Waals surface area contributed by atoms with E-state index >= 15 is 0 Å². The molecule has 0 saturated carbocycles. The number of benzene rings is 3. The minimum absolute atomic E-state index is 0.0256. The quantitative estimate of drug-likeness (QED) is 0.162. The van der Waals surface area contributed by atoms with Crippen LogP contribution in [0.15, 0.2) is 86.9 Å². The van der Waals surface area contributed by atoms with Gasteiger partial charge in [-0.15, -0.1) is 10.2 Å². The average molecular weight is 623 g/mol. The topological polar surface area (TPSA) is 135 Å². The van der Waals surface area contributed by atoms with Crippen LogP contribution in [0.2, 0.25) is 0 Å². The first-order valence-electron chi connectivity index (χ1n) is 12.3. The van der Waals surface area contributed by atoms with E-state index in [1.165, 1.54) is 18.2 Å². The summed E-state index contributed by atoms with van der Waals surface area (Å²) in [6.45, 7) is 2.67. The zero-order valence-electron chi connectivity index (χ0n) is 21.0. The Hall–Kier alpha value is -4.23. The number of hydrogen-bond donors (Lipinski definition) is 1. The number of aromatic nitrogens is 2. The van der Waals surface area contributed by atoms with Crippen LogP contribution in [0.4, 0.5) is 17.1 Å². The number of hydrogen-bond acceptors (Lipinski definition) is 9. The van der Waals surface area contributed by atoms with E-state index in [9.17, 15) is 19.7 Å². The summed E-state index contributed by atoms with van der Waals surface area (Å²) in [5.74, 6) is -0.0301. The molecule has 1 N–H and O–H groups in total. The van der Waals surface area contributed by atoms with Gasteiger partial charge < -0.3 is 19.5 Å². The number of non-ortho nitro benzene ring substituents is 1. The molecule has 11 nitrogen and oxygen atoms in total. The standard InChI is InChI=1S/C27H23BrN6O5S/c28-20-5-1-4-19(15-20)26(36)33-13-11-32(12-14-33)22-9-7-21(8-10-22)29-24(35)17-40-27-31-30-25(39-27)18-3-2-6-23(16-18)34(37)38/h1-10,15-16H,11-14,17H2,(H,29,35). The number of rotatable bonds is 8. The molecule has 0 unspecified atom stereocenters. The van der Waals surface area contributed by atoms with Gasteiger partial charge in [-0.2, -0.15) is 0 Å². The van der Waals surface area contributed by atoms with Crippen molar-refractivity contribution in [3.63, 3.8) is 0 Å². The number of carbonyl (C=O) groups excluding carboxylic acids is 2. The molecule has 0 spiro atoms. The monoisotopic (exact) mass is 622 g/mol. The van der Waals surface area contributed by atoms with Gasteiger partial charge in [-0.05, 0) is 48.5 Å². The van der Waals surface area contributed by atoms with E-state index in [2.05, 4.69) is 36.3 Å². The third-order valence-electron chi connectivity index (χ3n) is 6.19. The van der Waals surface area contributed by atoms with Crippen LogP contribution in [-0.4, -0.2) is 63.8 Å². The minimum atomic E-state index is -0.499. The number of carbonyl (C=O) groups is 2. The molecule has 0 atom stereocenters. The molecular formula is C27H23BrN6O5S. The number of nitrogens with zero attached hydrogens (tertiary/aromatic N) is 5. The van der Waals surface area contributed by atoms with Crippen molar-refractivity contribution in [2.24, 2.45) is 0 Å². The molecule has 0 radical (unpaired) electrons. The second kappa shape index (κ2) is 12.3. The maximum atomic E-state index is 12.8. The lowest BCUT2D eigenvalue weighted by Crippen LogP contribution is -2.48. The molecular weight excluding hydrogens is 600 g/mol. The largest absolute Gasteiger partial charge is 0.411 e. The van der Waals surface area contributed by atoms with E-state index in [4.69, 9.17) is 4.42 Å². The van der Waals surface area contributed by atoms with Gasteiger partial charge in [0, 0.05) is 65.3 Å². The van der Waals surface area contributed by atoms with E-state index in [1.54, 1.807) is 6.07 Å². The number of amides is 2. The lowest BCUT2D eigenvalue weighted by molar-refractivity contribution is -0.384. The van der Waals surface area contributed by atoms with Gasteiger partial charge in [-0.3, -0.25) is 19.7 Å². The molecule has 1 fully saturated rings. The lowest BCUT2D eigenvalue weighted by atomic mass is 10.1. The molecule has 2 heterocycles. The highest BCUT2D eigenvalue weighted by Crippen LogP contribution is 2.26. The van der Waals surface area contributed by atoms with E-state index < -0.39 is 4.92 Å². The first-order chi connectivity index (χ1) is 19.4. The third-order valence-corrected chi connectivity index (χ3v) is 7.50. The van der Waals surface area contributed by atoms with Crippen molar-refractivity contribution in [3.05, 3.63) is 92.9 Å². The van der Waals surface area contributed by atoms with E-state index in [0.29, 0.717) is 43.0 Å². The van der Waals surface area contributed by atoms with Crippen LogP contribution >= 0.6 is 27.7 Å². The van der Waals surface area contributed by atoms with E-state index in [-0.39, 0.29) is 34.4 Å². The van der Waals surface area contributed by atoms with Crippen molar-refractivity contribution in [1.29, 1.82) is 0 Å². The fourth-order valence-corrected chi connectivity index (χ4v) is 5.15. The van der Waals surface area contributed by atoms with Crippen LogP contribution in [0, 0.1) is 10.1 Å². The predicted octanol–water partition coefficient (Wildman–Crippen LogP) is 5.10. The number of nitro groups is 1. The Kier molecular flexibility index (Phi) is 8.41. The van der Waals surface area contributed by atoms with Gasteiger partial charge in [0.15, 0.2) is 0 Å². The molecule has 4 aromatic rings. The normalized spacial score (nSPS) is 13.2. The van der Waals surface area contributed by atoms with Gasteiger partial charge in [0.05, 0.1) is 10.7 Å². The molecule has 0 aliphatic carbocycles. The molecule has 13 heteroatoms. The number of halogens is 1. The first-order valence-corrected chi connectivity index (χ1v) is 14.0. The van der Waals surface area contributed by atoms with Crippen LogP contribution in [0.5, 0.6) is 0 Å². The molecule has 1 aliphatic heterocycles. The van der Waals surface area contributed by atoms with Crippen molar-refractivity contribution in [3.8, 4) is 11.5 Å². The SMILES string of the molecule is O=C(CSc1nnc(-c2cccc([N+](=O)[O-])c2)o1)Nc1ccc(N2CCN(C(=O)c3cccc(Br)c3)CC2)cc1. The van der Waals surface area contributed by atoms with Crippen LogP contribution in [0.3, 0.4) is 0 Å². The van der Waals surface area contributed by atoms with Crippen molar-refractivity contribution >= 4 is 56.6 Å². The van der Waals surface area contributed by atoms with E-state index in [1.807, 2.05) is 53.4 Å². The second-order valence-electron chi connectivity index (χ2n) is 8.85. The Morgan fingerprint density at radius 2 is 1.75 bits per heavy atom. The molecule has 5 rings (SSSR count). The Morgan fingerprint density at radius 3 is 2.48 bits per heavy atom. The Balaban J connectivity index is 1.09. The molecule has 3 aromatic carbocycles. The van der Waals surface area contributed by atoms with Crippen molar-refractivity contribution < 1.29 is 18.9 Å². The number of nitrogens with one attached hydrogen (secondary N) is 1. The fraction of sp³-hybridized carbons (Fsp3) is 0.185. The number of piperazine rings is 1. The third kappa shape index (κ3) is 6.66. The van der Waals surface area contributed by atoms with Gasteiger partial charge in [0.25, 0.3) is 16.8 Å². The highest BCUT2D eigenvalue weighted by atomic mass is 79.9. The molecule has 40 heavy (non-hydrogen) atoms. The highest BCUT2D eigenvalue weighted by molar-refractivity contribution is 9.10. The molecule has 204 valence electrons. The van der Waals surface area contributed by atoms with Gasteiger partial charge in [0.1, 0.15) is 0 Å². The molecule has 1 aromatic heterocycles. The van der Waals surface area contributed by atoms with Crippen LogP contribution in [0.1, 0.15) is 10.4 Å². The Bertz CT molecular complexity index is 1540. The number of nitro benzene ring substituents is 1. The Labute approximate surface area is 241 Å². The Morgan fingerprint density at radius 1 is 1.00 bits per heavy atom. The van der Waals surface area contributed by atoms with Crippen molar-refractivity contribution in [2.45, 2.75) is 5.22 Å². The first kappa shape index (κ1) is 27.3. The summed E-state index contributed by atoms with van der Waals surface area (Å²) in [5.41, 5.74) is 2.69. The van der Waals surface area contributed by atoms with Gasteiger partial charge >= 0.3 is 0 Å².